The van der Waals surface area contributed by atoms with Crippen LogP contribution in [0.4, 0.5) is 11.6 Å². The van der Waals surface area contributed by atoms with Crippen molar-refractivity contribution in [1.82, 2.24) is 15.2 Å². The van der Waals surface area contributed by atoms with E-state index in [2.05, 4.69) is 35.3 Å². The number of hydrogen-bond acceptors (Lipinski definition) is 8. The first-order chi connectivity index (χ1) is 12.0. The summed E-state index contributed by atoms with van der Waals surface area (Å²) in [4.78, 5) is 50.8. The fraction of sp³-hybridized carbons (Fsp3) is 0.143. The number of rotatable bonds is 4. The van der Waals surface area contributed by atoms with Crippen LogP contribution >= 0.6 is 0 Å². The molecule has 1 heterocycles. The highest BCUT2D eigenvalue weighted by Crippen LogP contribution is 2.20. The van der Waals surface area contributed by atoms with Crippen LogP contribution in [-0.2, 0) is 19.1 Å². The van der Waals surface area contributed by atoms with Crippen molar-refractivity contribution in [2.24, 2.45) is 0 Å². The molecule has 0 atom stereocenters. The maximum absolute atomic E-state index is 12.0. The summed E-state index contributed by atoms with van der Waals surface area (Å²) < 4.78 is 9.17. The van der Waals surface area contributed by atoms with E-state index in [-0.39, 0.29) is 22.8 Å². The average Bonchev–Trinajstić information content (AvgIpc) is 3.13. The molecule has 0 unspecified atom stereocenters. The van der Waals surface area contributed by atoms with Gasteiger partial charge in [-0.1, -0.05) is 0 Å². The molecule has 0 aliphatic rings. The van der Waals surface area contributed by atoms with Crippen LogP contribution in [0, 0.1) is 0 Å². The summed E-state index contributed by atoms with van der Waals surface area (Å²) in [6, 6.07) is 3.78. The lowest BCUT2D eigenvalue weighted by Crippen LogP contribution is -2.30. The third kappa shape index (κ3) is 4.16. The second kappa shape index (κ2) is 7.68. The van der Waals surface area contributed by atoms with Crippen molar-refractivity contribution in [1.29, 1.82) is 0 Å². The largest absolute Gasteiger partial charge is 0.465 e. The van der Waals surface area contributed by atoms with Gasteiger partial charge in [-0.05, 0) is 18.2 Å². The van der Waals surface area contributed by atoms with Crippen molar-refractivity contribution in [3.63, 3.8) is 0 Å². The predicted octanol–water partition coefficient (Wildman–Crippen LogP) is -0.0449. The molecule has 11 heteroatoms. The number of amides is 2. The number of methoxy groups -OCH3 is 2. The Morgan fingerprint density at radius 1 is 1.00 bits per heavy atom. The van der Waals surface area contributed by atoms with Crippen molar-refractivity contribution in [2.45, 2.75) is 0 Å². The van der Waals surface area contributed by atoms with E-state index < -0.39 is 23.8 Å². The lowest BCUT2D eigenvalue weighted by Gasteiger charge is -2.11. The van der Waals surface area contributed by atoms with Gasteiger partial charge >= 0.3 is 23.8 Å². The Morgan fingerprint density at radius 2 is 1.68 bits per heavy atom. The van der Waals surface area contributed by atoms with Crippen LogP contribution in [0.5, 0.6) is 0 Å². The zero-order valence-electron chi connectivity index (χ0n) is 13.2. The number of nitrogens with zero attached hydrogens (tertiary/aromatic N) is 2. The van der Waals surface area contributed by atoms with E-state index >= 15 is 0 Å². The first kappa shape index (κ1) is 17.6. The van der Waals surface area contributed by atoms with E-state index in [4.69, 9.17) is 0 Å². The monoisotopic (exact) mass is 347 g/mol. The number of carbonyl (C=O) groups excluding carboxylic acids is 4. The molecule has 0 saturated heterocycles. The van der Waals surface area contributed by atoms with E-state index in [9.17, 15) is 19.2 Å². The number of carbonyl (C=O) groups is 4. The molecule has 0 radical (unpaired) electrons. The number of aromatic nitrogens is 3. The van der Waals surface area contributed by atoms with Gasteiger partial charge in [-0.25, -0.2) is 14.7 Å². The normalized spacial score (nSPS) is 9.84. The Hall–Kier alpha value is -3.76. The van der Waals surface area contributed by atoms with Gasteiger partial charge in [0.05, 0.1) is 31.0 Å². The minimum absolute atomic E-state index is 0.0309. The summed E-state index contributed by atoms with van der Waals surface area (Å²) in [7, 11) is 2.33. The third-order valence-electron chi connectivity index (χ3n) is 2.95. The third-order valence-corrected chi connectivity index (χ3v) is 2.95. The molecule has 130 valence electrons. The number of aromatic amines is 1. The molecule has 0 bridgehead atoms. The zero-order valence-corrected chi connectivity index (χ0v) is 13.2. The van der Waals surface area contributed by atoms with Crippen molar-refractivity contribution < 1.29 is 28.7 Å². The minimum Gasteiger partial charge on any atom is -0.465 e. The summed E-state index contributed by atoms with van der Waals surface area (Å²) in [5.74, 6) is -3.63. The topological polar surface area (TPSA) is 152 Å². The number of esters is 2. The maximum Gasteiger partial charge on any atom is 0.339 e. The van der Waals surface area contributed by atoms with Crippen LogP contribution in [0.2, 0.25) is 0 Å². The lowest BCUT2D eigenvalue weighted by molar-refractivity contribution is -0.133. The lowest BCUT2D eigenvalue weighted by atomic mass is 10.1. The smallest absolute Gasteiger partial charge is 0.339 e. The van der Waals surface area contributed by atoms with E-state index in [1.54, 1.807) is 0 Å². The fourth-order valence-electron chi connectivity index (χ4n) is 1.79. The van der Waals surface area contributed by atoms with Crippen molar-refractivity contribution in [3.05, 3.63) is 35.7 Å². The SMILES string of the molecule is COC(=O)c1ccc(C(=O)OC)c(NC(=O)C(=O)Nc2ncn[nH]2)c1. The van der Waals surface area contributed by atoms with Gasteiger partial charge in [0.1, 0.15) is 6.33 Å². The molecule has 2 aromatic rings. The molecule has 0 fully saturated rings. The number of ether oxygens (including phenoxy) is 2. The van der Waals surface area contributed by atoms with Gasteiger partial charge in [0, 0.05) is 0 Å². The zero-order chi connectivity index (χ0) is 18.4. The highest BCUT2D eigenvalue weighted by atomic mass is 16.5. The van der Waals surface area contributed by atoms with Crippen LogP contribution in [0.25, 0.3) is 0 Å². The molecule has 1 aromatic heterocycles. The van der Waals surface area contributed by atoms with Crippen molar-refractivity contribution >= 4 is 35.4 Å². The summed E-state index contributed by atoms with van der Waals surface area (Å²) in [6.45, 7) is 0. The average molecular weight is 347 g/mol. The summed E-state index contributed by atoms with van der Waals surface area (Å²) >= 11 is 0. The number of H-pyrrole nitrogens is 1. The summed E-state index contributed by atoms with van der Waals surface area (Å²) in [5.41, 5.74) is -0.0652. The highest BCUT2D eigenvalue weighted by molar-refractivity contribution is 6.43. The second-order valence-corrected chi connectivity index (χ2v) is 4.49. The van der Waals surface area contributed by atoms with Crippen LogP contribution in [0.3, 0.4) is 0 Å². The van der Waals surface area contributed by atoms with Crippen molar-refractivity contribution in [3.8, 4) is 0 Å². The van der Waals surface area contributed by atoms with E-state index in [0.717, 1.165) is 13.4 Å². The molecule has 0 aliphatic carbocycles. The Kier molecular flexibility index (Phi) is 5.40. The molecular weight excluding hydrogens is 334 g/mol. The molecule has 2 rings (SSSR count). The van der Waals surface area contributed by atoms with E-state index in [0.29, 0.717) is 0 Å². The molecule has 11 nitrogen and oxygen atoms in total. The van der Waals surface area contributed by atoms with Gasteiger partial charge in [-0.2, -0.15) is 10.1 Å². The standard InChI is InChI=1S/C14H13N5O6/c1-24-12(22)7-3-4-8(13(23)25-2)9(5-7)17-10(20)11(21)18-14-15-6-16-19-14/h3-6H,1-2H3,(H,17,20)(H2,15,16,18,19,21). The maximum atomic E-state index is 12.0. The van der Waals surface area contributed by atoms with Gasteiger partial charge < -0.3 is 14.8 Å². The molecule has 2 amide bonds. The predicted molar refractivity (Wildman–Crippen MR) is 82.8 cm³/mol. The van der Waals surface area contributed by atoms with Gasteiger partial charge in [0.2, 0.25) is 5.95 Å². The van der Waals surface area contributed by atoms with E-state index in [1.807, 2.05) is 0 Å². The van der Waals surface area contributed by atoms with Crippen molar-refractivity contribution in [2.75, 3.05) is 24.9 Å². The van der Waals surface area contributed by atoms with Gasteiger partial charge in [-0.3, -0.25) is 14.9 Å². The highest BCUT2D eigenvalue weighted by Gasteiger charge is 2.21. The summed E-state index contributed by atoms with van der Waals surface area (Å²) in [5, 5.41) is 10.3. The van der Waals surface area contributed by atoms with Crippen LogP contribution in [0.15, 0.2) is 24.5 Å². The number of anilines is 2. The first-order valence-corrected chi connectivity index (χ1v) is 6.74. The second-order valence-electron chi connectivity index (χ2n) is 4.49. The quantitative estimate of drug-likeness (QED) is 0.514. The molecule has 0 saturated carbocycles. The first-order valence-electron chi connectivity index (χ1n) is 6.74. The molecular formula is C14H13N5O6. The Labute approximate surface area is 140 Å². The number of hydrogen-bond donors (Lipinski definition) is 3. The molecule has 1 aromatic carbocycles. The van der Waals surface area contributed by atoms with Gasteiger partial charge in [-0.15, -0.1) is 0 Å². The van der Waals surface area contributed by atoms with Crippen LogP contribution < -0.4 is 10.6 Å². The molecule has 0 aliphatic heterocycles. The molecule has 3 N–H and O–H groups in total. The van der Waals surface area contributed by atoms with Crippen LogP contribution in [0.1, 0.15) is 20.7 Å². The van der Waals surface area contributed by atoms with Crippen LogP contribution in [-0.4, -0.2) is 53.2 Å². The number of benzene rings is 1. The van der Waals surface area contributed by atoms with E-state index in [1.165, 1.54) is 25.3 Å². The van der Waals surface area contributed by atoms with Gasteiger partial charge in [0.15, 0.2) is 0 Å². The fourth-order valence-corrected chi connectivity index (χ4v) is 1.79. The Balaban J connectivity index is 2.25. The molecule has 0 spiro atoms. The Morgan fingerprint density at radius 3 is 2.28 bits per heavy atom. The minimum atomic E-state index is -1.09. The van der Waals surface area contributed by atoms with Gasteiger partial charge in [0.25, 0.3) is 0 Å². The summed E-state index contributed by atoms with van der Waals surface area (Å²) in [6.07, 6.45) is 1.14. The Bertz CT molecular complexity index is 817. The molecule has 25 heavy (non-hydrogen) atoms. The number of nitrogens with one attached hydrogen (secondary N) is 3.